The van der Waals surface area contributed by atoms with Crippen LogP contribution in [0.3, 0.4) is 0 Å². The van der Waals surface area contributed by atoms with Crippen molar-refractivity contribution in [1.82, 2.24) is 10.2 Å². The third kappa shape index (κ3) is 7.68. The van der Waals surface area contributed by atoms with Crippen LogP contribution < -0.4 is 20.3 Å². The maximum Gasteiger partial charge on any atom is 0.387 e. The predicted octanol–water partition coefficient (Wildman–Crippen LogP) is 4.23. The molecule has 2 heterocycles. The van der Waals surface area contributed by atoms with Crippen molar-refractivity contribution in [1.29, 1.82) is 0 Å². The number of morpholine rings is 1. The van der Waals surface area contributed by atoms with Crippen molar-refractivity contribution >= 4 is 52.0 Å². The highest BCUT2D eigenvalue weighted by Crippen LogP contribution is 2.36. The van der Waals surface area contributed by atoms with Crippen LogP contribution in [0.5, 0.6) is 5.75 Å². The van der Waals surface area contributed by atoms with E-state index in [-0.39, 0.29) is 42.9 Å². The molecular formula is C27H31ClF2N4O5S. The minimum absolute atomic E-state index is 0.0328. The van der Waals surface area contributed by atoms with Crippen molar-refractivity contribution in [3.63, 3.8) is 0 Å². The molecule has 0 spiro atoms. The fourth-order valence-electron chi connectivity index (χ4n) is 4.68. The molecule has 1 atom stereocenters. The zero-order valence-electron chi connectivity index (χ0n) is 21.7. The van der Waals surface area contributed by atoms with Crippen molar-refractivity contribution in [2.45, 2.75) is 38.3 Å². The average molecular weight is 597 g/mol. The Bertz CT molecular complexity index is 1230. The number of benzene rings is 1. The third-order valence-electron chi connectivity index (χ3n) is 7.11. The Morgan fingerprint density at radius 2 is 1.88 bits per heavy atom. The van der Waals surface area contributed by atoms with E-state index in [0.29, 0.717) is 46.4 Å². The number of amides is 3. The van der Waals surface area contributed by atoms with Gasteiger partial charge in [0.05, 0.1) is 21.5 Å². The topological polar surface area (TPSA) is 100 Å². The van der Waals surface area contributed by atoms with Gasteiger partial charge in [0.1, 0.15) is 12.6 Å². The monoisotopic (exact) mass is 596 g/mol. The Balaban J connectivity index is 1.36. The molecule has 40 heavy (non-hydrogen) atoms. The van der Waals surface area contributed by atoms with E-state index in [1.54, 1.807) is 18.2 Å². The summed E-state index contributed by atoms with van der Waals surface area (Å²) in [5, 5.41) is 5.61. The summed E-state index contributed by atoms with van der Waals surface area (Å²) in [4.78, 5) is 42.7. The van der Waals surface area contributed by atoms with Gasteiger partial charge in [-0.25, -0.2) is 0 Å². The Morgan fingerprint density at radius 1 is 1.15 bits per heavy atom. The molecule has 5 rings (SSSR count). The van der Waals surface area contributed by atoms with E-state index in [1.807, 2.05) is 0 Å². The van der Waals surface area contributed by atoms with Crippen molar-refractivity contribution in [2.24, 2.45) is 11.8 Å². The fourth-order valence-corrected chi connectivity index (χ4v) is 5.64. The largest absolute Gasteiger partial charge is 0.433 e. The number of alkyl halides is 2. The van der Waals surface area contributed by atoms with E-state index in [2.05, 4.69) is 15.5 Å². The number of anilines is 2. The summed E-state index contributed by atoms with van der Waals surface area (Å²) in [5.41, 5.74) is 0.415. The van der Waals surface area contributed by atoms with Gasteiger partial charge >= 0.3 is 6.61 Å². The molecule has 0 radical (unpaired) electrons. The van der Waals surface area contributed by atoms with Crippen LogP contribution in [0.4, 0.5) is 20.2 Å². The lowest BCUT2D eigenvalue weighted by atomic mass is 10.1. The predicted molar refractivity (Wildman–Crippen MR) is 147 cm³/mol. The molecule has 1 aromatic heterocycles. The minimum Gasteiger partial charge on any atom is -0.433 e. The highest BCUT2D eigenvalue weighted by Gasteiger charge is 2.36. The van der Waals surface area contributed by atoms with Crippen molar-refractivity contribution in [3.8, 4) is 5.75 Å². The summed E-state index contributed by atoms with van der Waals surface area (Å²) in [6, 6.07) is 6.85. The fraction of sp³-hybridized carbons (Fsp3) is 0.519. The van der Waals surface area contributed by atoms with Crippen LogP contribution in [-0.4, -0.2) is 74.7 Å². The summed E-state index contributed by atoms with van der Waals surface area (Å²) in [7, 11) is 0. The third-order valence-corrected chi connectivity index (χ3v) is 8.34. The van der Waals surface area contributed by atoms with Gasteiger partial charge in [-0.05, 0) is 61.8 Å². The molecule has 9 nitrogen and oxygen atoms in total. The second kappa shape index (κ2) is 12.8. The summed E-state index contributed by atoms with van der Waals surface area (Å²) >= 11 is 7.12. The molecule has 3 aliphatic rings. The molecule has 216 valence electrons. The van der Waals surface area contributed by atoms with Crippen molar-refractivity contribution < 1.29 is 32.6 Å². The van der Waals surface area contributed by atoms with Gasteiger partial charge in [-0.15, -0.1) is 11.3 Å². The molecule has 1 aliphatic heterocycles. The SMILES string of the molecule is O=C(NC[C@@H](C(=O)Nc1ccc(N2CCOCC2=O)cc1OC(F)F)N(CC1CC1)CC1CC1)c1ccc(Cl)s1. The van der Waals surface area contributed by atoms with Gasteiger partial charge in [0.25, 0.3) is 11.8 Å². The Hall–Kier alpha value is -2.80. The molecule has 0 unspecified atom stereocenters. The number of nitrogens with zero attached hydrogens (tertiary/aromatic N) is 2. The number of carbonyl (C=O) groups is 3. The maximum atomic E-state index is 13.7. The van der Waals surface area contributed by atoms with Crippen LogP contribution in [0.15, 0.2) is 30.3 Å². The minimum atomic E-state index is -3.14. The van der Waals surface area contributed by atoms with E-state index in [4.69, 9.17) is 21.1 Å². The molecule has 2 N–H and O–H groups in total. The first-order valence-electron chi connectivity index (χ1n) is 13.3. The molecular weight excluding hydrogens is 566 g/mol. The Morgan fingerprint density at radius 3 is 2.48 bits per heavy atom. The van der Waals surface area contributed by atoms with Crippen LogP contribution in [0, 0.1) is 11.8 Å². The average Bonchev–Trinajstić information content (AvgIpc) is 3.85. The molecule has 3 fully saturated rings. The lowest BCUT2D eigenvalue weighted by Gasteiger charge is -2.31. The first-order valence-corrected chi connectivity index (χ1v) is 14.5. The van der Waals surface area contributed by atoms with Gasteiger partial charge in [-0.2, -0.15) is 8.78 Å². The smallest absolute Gasteiger partial charge is 0.387 e. The molecule has 2 aliphatic carbocycles. The quantitative estimate of drug-likeness (QED) is 0.359. The van der Waals surface area contributed by atoms with Crippen LogP contribution >= 0.6 is 22.9 Å². The zero-order valence-corrected chi connectivity index (χ0v) is 23.3. The van der Waals surface area contributed by atoms with Crippen LogP contribution in [0.25, 0.3) is 0 Å². The normalized spacial score (nSPS) is 18.2. The van der Waals surface area contributed by atoms with E-state index in [9.17, 15) is 23.2 Å². The molecule has 1 aromatic carbocycles. The van der Waals surface area contributed by atoms with Gasteiger partial charge in [0.2, 0.25) is 5.91 Å². The highest BCUT2D eigenvalue weighted by molar-refractivity contribution is 7.18. The number of nitrogens with one attached hydrogen (secondary N) is 2. The van der Waals surface area contributed by atoms with Crippen molar-refractivity contribution in [3.05, 3.63) is 39.5 Å². The molecule has 1 saturated heterocycles. The Kier molecular flexibility index (Phi) is 9.19. The van der Waals surface area contributed by atoms with E-state index >= 15 is 0 Å². The first kappa shape index (κ1) is 28.7. The maximum absolute atomic E-state index is 13.7. The molecule has 0 bridgehead atoms. The van der Waals surface area contributed by atoms with Crippen LogP contribution in [-0.2, 0) is 14.3 Å². The number of carbonyl (C=O) groups excluding carboxylic acids is 3. The van der Waals surface area contributed by atoms with Gasteiger partial charge in [0.15, 0.2) is 5.75 Å². The standard InChI is InChI=1S/C27H31ClF2N4O5S/c28-23-8-7-22(40-23)26(37)31-12-20(33(13-16-1-2-16)14-17-3-4-17)25(36)32-19-6-5-18(11-21(19)39-27(29)30)34-9-10-38-15-24(34)35/h5-8,11,16-17,20,27H,1-4,9-10,12-15H2,(H,31,37)(H,32,36)/t20-/m0/s1. The first-order chi connectivity index (χ1) is 19.3. The highest BCUT2D eigenvalue weighted by atomic mass is 35.5. The number of hydrogen-bond acceptors (Lipinski definition) is 7. The summed E-state index contributed by atoms with van der Waals surface area (Å²) < 4.78 is 37.1. The molecule has 2 saturated carbocycles. The second-order valence-corrected chi connectivity index (χ2v) is 12.0. The van der Waals surface area contributed by atoms with Crippen molar-refractivity contribution in [2.75, 3.05) is 49.6 Å². The van der Waals surface area contributed by atoms with Gasteiger partial charge < -0.3 is 25.0 Å². The number of ether oxygens (including phenoxy) is 2. The Labute approximate surface area is 239 Å². The van der Waals surface area contributed by atoms with Gasteiger partial charge in [-0.1, -0.05) is 11.6 Å². The summed E-state index contributed by atoms with van der Waals surface area (Å²) in [6.07, 6.45) is 4.35. The van der Waals surface area contributed by atoms with Crippen LogP contribution in [0.1, 0.15) is 35.4 Å². The lowest BCUT2D eigenvalue weighted by molar-refractivity contribution is -0.125. The molecule has 13 heteroatoms. The van der Waals surface area contributed by atoms with Gasteiger partial charge in [-0.3, -0.25) is 19.3 Å². The van der Waals surface area contributed by atoms with E-state index in [0.717, 1.165) is 37.0 Å². The lowest BCUT2D eigenvalue weighted by Crippen LogP contribution is -2.52. The molecule has 3 amide bonds. The van der Waals surface area contributed by atoms with Gasteiger partial charge in [0, 0.05) is 37.9 Å². The van der Waals surface area contributed by atoms with Crippen LogP contribution in [0.2, 0.25) is 4.34 Å². The number of hydrogen-bond donors (Lipinski definition) is 2. The second-order valence-electron chi connectivity index (χ2n) is 10.3. The summed E-state index contributed by atoms with van der Waals surface area (Å²) in [5.74, 6) is -0.363. The van der Waals surface area contributed by atoms with E-state index < -0.39 is 18.6 Å². The summed E-state index contributed by atoms with van der Waals surface area (Å²) in [6.45, 7) is -1.19. The number of thiophene rings is 1. The zero-order chi connectivity index (χ0) is 28.2. The van der Waals surface area contributed by atoms with E-state index in [1.165, 1.54) is 17.0 Å². The number of halogens is 3. The molecule has 2 aromatic rings. The number of rotatable bonds is 13.